The van der Waals surface area contributed by atoms with Crippen LogP contribution in [0.25, 0.3) is 32.8 Å². The molecule has 2 atom stereocenters. The predicted molar refractivity (Wildman–Crippen MR) is 157 cm³/mol. The van der Waals surface area contributed by atoms with E-state index in [0.717, 1.165) is 19.4 Å². The van der Waals surface area contributed by atoms with E-state index in [1.165, 1.54) is 23.1 Å². The van der Waals surface area contributed by atoms with E-state index >= 15 is 8.78 Å². The van der Waals surface area contributed by atoms with Gasteiger partial charge in [-0.15, -0.1) is 0 Å². The zero-order chi connectivity index (χ0) is 30.1. The zero-order valence-electron chi connectivity index (χ0n) is 24.0. The van der Waals surface area contributed by atoms with E-state index in [0.29, 0.717) is 36.8 Å². The van der Waals surface area contributed by atoms with Crippen LogP contribution in [0.1, 0.15) is 31.4 Å². The third-order valence-electron chi connectivity index (χ3n) is 9.26. The van der Waals surface area contributed by atoms with Crippen molar-refractivity contribution >= 4 is 27.8 Å². The number of carbonyl (C=O) groups is 1. The molecule has 4 aromatic rings. The van der Waals surface area contributed by atoms with Crippen molar-refractivity contribution in [3.63, 3.8) is 0 Å². The molecule has 3 aromatic carbocycles. The van der Waals surface area contributed by atoms with Gasteiger partial charge in [-0.25, -0.2) is 13.6 Å². The van der Waals surface area contributed by atoms with Gasteiger partial charge >= 0.3 is 12.1 Å². The average molecular weight is 590 g/mol. The first-order valence-electron chi connectivity index (χ1n) is 14.5. The molecule has 0 radical (unpaired) electrons. The van der Waals surface area contributed by atoms with Gasteiger partial charge in [-0.3, -0.25) is 4.90 Å². The number of hydrogen-bond donors (Lipinski definition) is 3. The van der Waals surface area contributed by atoms with Gasteiger partial charge in [0, 0.05) is 36.5 Å². The number of hydrogen-bond acceptors (Lipinski definition) is 7. The van der Waals surface area contributed by atoms with Crippen LogP contribution in [0.2, 0.25) is 0 Å². The second kappa shape index (κ2) is 9.99. The maximum atomic E-state index is 16.7. The SMILES string of the molecule is CN(C)CC1(COc2nc(C34CCC(CNC3)N4C(=O)O)c3cc(F)c(-c4cc(O)cc5ccccc45)c(F)c3n2)CC1. The number of piperazine rings is 1. The molecule has 1 aliphatic carbocycles. The van der Waals surface area contributed by atoms with Gasteiger partial charge in [0.25, 0.3) is 0 Å². The molecule has 1 saturated carbocycles. The number of benzene rings is 3. The summed E-state index contributed by atoms with van der Waals surface area (Å²) in [5.41, 5.74) is -1.29. The van der Waals surface area contributed by atoms with Crippen molar-refractivity contribution in [1.29, 1.82) is 0 Å². The van der Waals surface area contributed by atoms with Crippen molar-refractivity contribution in [1.82, 2.24) is 25.1 Å². The maximum Gasteiger partial charge on any atom is 0.408 e. The molecule has 2 bridgehead atoms. The van der Waals surface area contributed by atoms with Gasteiger partial charge < -0.3 is 25.2 Å². The van der Waals surface area contributed by atoms with Gasteiger partial charge in [0.15, 0.2) is 5.82 Å². The molecule has 2 aliphatic heterocycles. The molecule has 2 unspecified atom stereocenters. The Hall–Kier alpha value is -4.09. The van der Waals surface area contributed by atoms with E-state index in [2.05, 4.69) is 15.2 Å². The van der Waals surface area contributed by atoms with Crippen molar-refractivity contribution in [2.24, 2.45) is 5.41 Å². The minimum atomic E-state index is -1.15. The van der Waals surface area contributed by atoms with Crippen LogP contribution in [0.3, 0.4) is 0 Å². The number of rotatable bonds is 7. The summed E-state index contributed by atoms with van der Waals surface area (Å²) in [5.74, 6) is -1.92. The summed E-state index contributed by atoms with van der Waals surface area (Å²) >= 11 is 0. The maximum absolute atomic E-state index is 16.7. The fourth-order valence-corrected chi connectivity index (χ4v) is 7.23. The van der Waals surface area contributed by atoms with Crippen molar-refractivity contribution in [2.75, 3.05) is 40.3 Å². The lowest BCUT2D eigenvalue weighted by atomic mass is 9.87. The number of amides is 1. The Kier molecular flexibility index (Phi) is 6.44. The number of fused-ring (bicyclic) bond motifs is 4. The first-order valence-corrected chi connectivity index (χ1v) is 14.5. The molecule has 3 heterocycles. The number of phenols is 1. The van der Waals surface area contributed by atoms with Gasteiger partial charge in [0.2, 0.25) is 0 Å². The number of phenolic OH excluding ortho intramolecular Hbond substituents is 1. The van der Waals surface area contributed by atoms with Crippen LogP contribution in [0.5, 0.6) is 11.8 Å². The molecule has 1 amide bonds. The zero-order valence-corrected chi connectivity index (χ0v) is 24.0. The monoisotopic (exact) mass is 589 g/mol. The summed E-state index contributed by atoms with van der Waals surface area (Å²) in [5, 5.41) is 25.3. The summed E-state index contributed by atoms with van der Waals surface area (Å²) in [7, 11) is 3.99. The second-order valence-corrected chi connectivity index (χ2v) is 12.5. The van der Waals surface area contributed by atoms with Crippen LogP contribution in [0, 0.1) is 17.0 Å². The van der Waals surface area contributed by atoms with E-state index in [1.807, 2.05) is 14.1 Å². The molecular formula is C32H33F2N5O4. The topological polar surface area (TPSA) is 111 Å². The number of ether oxygens (including phenoxy) is 1. The number of nitrogens with zero attached hydrogens (tertiary/aromatic N) is 4. The van der Waals surface area contributed by atoms with Crippen LogP contribution >= 0.6 is 0 Å². The van der Waals surface area contributed by atoms with Crippen LogP contribution in [0.4, 0.5) is 13.6 Å². The molecule has 2 saturated heterocycles. The Morgan fingerprint density at radius 2 is 1.93 bits per heavy atom. The van der Waals surface area contributed by atoms with E-state index in [4.69, 9.17) is 9.72 Å². The fourth-order valence-electron chi connectivity index (χ4n) is 7.23. The highest BCUT2D eigenvalue weighted by atomic mass is 19.1. The molecular weight excluding hydrogens is 556 g/mol. The molecule has 7 rings (SSSR count). The largest absolute Gasteiger partial charge is 0.508 e. The first kappa shape index (κ1) is 27.7. The Labute approximate surface area is 247 Å². The number of carboxylic acid groups (broad SMARTS) is 1. The van der Waals surface area contributed by atoms with Gasteiger partial charge in [0.05, 0.1) is 17.9 Å². The van der Waals surface area contributed by atoms with Gasteiger partial charge in [-0.05, 0) is 74.3 Å². The molecule has 224 valence electrons. The summed E-state index contributed by atoms with van der Waals surface area (Å²) in [6.45, 7) is 1.86. The molecule has 0 spiro atoms. The molecule has 3 N–H and O–H groups in total. The molecule has 43 heavy (non-hydrogen) atoms. The summed E-state index contributed by atoms with van der Waals surface area (Å²) in [4.78, 5) is 25.2. The van der Waals surface area contributed by atoms with Crippen molar-refractivity contribution in [3.8, 4) is 22.9 Å². The highest BCUT2D eigenvalue weighted by Gasteiger charge is 2.54. The standard InChI is InChI=1S/C32H33F2N5O4/c1-38(2)16-31(9-10-31)17-43-29-36-27-23(28(37-29)32-8-7-19(14-35-15-32)39(32)30(41)42)13-24(33)25(26(27)34)22-12-20(40)11-18-5-3-4-6-21(18)22/h3-6,11-13,19,35,40H,7-10,14-17H2,1-2H3,(H,41,42). The Morgan fingerprint density at radius 1 is 1.14 bits per heavy atom. The quantitative estimate of drug-likeness (QED) is 0.273. The Morgan fingerprint density at radius 3 is 2.67 bits per heavy atom. The van der Waals surface area contributed by atoms with Crippen LogP contribution in [-0.2, 0) is 5.54 Å². The normalized spacial score (nSPS) is 22.4. The smallest absolute Gasteiger partial charge is 0.408 e. The molecule has 9 nitrogen and oxygen atoms in total. The van der Waals surface area contributed by atoms with E-state index < -0.39 is 23.3 Å². The average Bonchev–Trinajstić information content (AvgIpc) is 3.68. The van der Waals surface area contributed by atoms with E-state index in [9.17, 15) is 15.0 Å². The minimum Gasteiger partial charge on any atom is -0.508 e. The summed E-state index contributed by atoms with van der Waals surface area (Å²) in [6.07, 6.45) is 1.87. The number of nitrogens with one attached hydrogen (secondary N) is 1. The van der Waals surface area contributed by atoms with Gasteiger partial charge in [-0.2, -0.15) is 9.97 Å². The predicted octanol–water partition coefficient (Wildman–Crippen LogP) is 5.10. The lowest BCUT2D eigenvalue weighted by Gasteiger charge is -2.43. The summed E-state index contributed by atoms with van der Waals surface area (Å²) in [6, 6.07) is 10.8. The van der Waals surface area contributed by atoms with Crippen LogP contribution in [-0.4, -0.2) is 82.5 Å². The summed E-state index contributed by atoms with van der Waals surface area (Å²) < 4.78 is 39.0. The molecule has 1 aromatic heterocycles. The highest BCUT2D eigenvalue weighted by molar-refractivity contribution is 6.00. The molecule has 3 fully saturated rings. The third kappa shape index (κ3) is 4.53. The molecule has 11 heteroatoms. The Bertz CT molecular complexity index is 1770. The van der Waals surface area contributed by atoms with Crippen molar-refractivity contribution in [3.05, 3.63) is 59.8 Å². The third-order valence-corrected chi connectivity index (χ3v) is 9.26. The van der Waals surface area contributed by atoms with Crippen LogP contribution in [0.15, 0.2) is 42.5 Å². The van der Waals surface area contributed by atoms with Gasteiger partial charge in [-0.1, -0.05) is 24.3 Å². The second-order valence-electron chi connectivity index (χ2n) is 12.5. The number of aromatic nitrogens is 2. The molecule has 3 aliphatic rings. The highest BCUT2D eigenvalue weighted by Crippen LogP contribution is 2.49. The number of halogens is 2. The van der Waals surface area contributed by atoms with Crippen LogP contribution < -0.4 is 10.1 Å². The van der Waals surface area contributed by atoms with Crippen molar-refractivity contribution in [2.45, 2.75) is 37.3 Å². The van der Waals surface area contributed by atoms with E-state index in [1.54, 1.807) is 24.3 Å². The Balaban J connectivity index is 1.45. The lowest BCUT2D eigenvalue weighted by Crippen LogP contribution is -2.60. The lowest BCUT2D eigenvalue weighted by molar-refractivity contribution is 0.0576. The van der Waals surface area contributed by atoms with Gasteiger partial charge in [0.1, 0.15) is 22.6 Å². The first-order chi connectivity index (χ1) is 20.6. The minimum absolute atomic E-state index is 0.0643. The number of aromatic hydroxyl groups is 1. The fraction of sp³-hybridized carbons (Fsp3) is 0.406. The van der Waals surface area contributed by atoms with Crippen molar-refractivity contribution < 1.29 is 28.5 Å². The van der Waals surface area contributed by atoms with E-state index in [-0.39, 0.29) is 57.5 Å².